The van der Waals surface area contributed by atoms with E-state index in [1.54, 1.807) is 10.6 Å². The molecule has 1 unspecified atom stereocenters. The Morgan fingerprint density at radius 2 is 1.31 bits per heavy atom. The van der Waals surface area contributed by atoms with Crippen LogP contribution in [0.3, 0.4) is 0 Å². The number of ether oxygens (including phenoxy) is 2. The molecule has 1 rings (SSSR count). The van der Waals surface area contributed by atoms with Crippen LogP contribution < -0.4 is 27.1 Å². The van der Waals surface area contributed by atoms with Gasteiger partial charge in [0.15, 0.2) is 0 Å². The minimum atomic E-state index is -5.18. The molecule has 0 aliphatic rings. The average Bonchev–Trinajstić information content (AvgIpc) is 3.04. The van der Waals surface area contributed by atoms with E-state index in [1.165, 1.54) is 0 Å². The molecule has 306 valence electrons. The van der Waals surface area contributed by atoms with Crippen molar-refractivity contribution in [3.8, 4) is 0 Å². The molecule has 0 saturated heterocycles. The van der Waals surface area contributed by atoms with Crippen LogP contribution in [-0.2, 0) is 25.6 Å². The Morgan fingerprint density at radius 3 is 1.72 bits per heavy atom. The highest BCUT2D eigenvalue weighted by atomic mass is 19.4. The lowest BCUT2D eigenvalue weighted by molar-refractivity contribution is -0.221. The smallest absolute Gasteiger partial charge is 0.407 e. The molecule has 3 atom stereocenters. The second-order valence-electron chi connectivity index (χ2n) is 12.4. The third kappa shape index (κ3) is 12.9. The number of rotatable bonds is 16. The second-order valence-corrected chi connectivity index (χ2v) is 12.4. The number of hydrogen-bond acceptors (Lipinski definition) is 10. The van der Waals surface area contributed by atoms with Crippen molar-refractivity contribution in [2.24, 2.45) is 21.6 Å². The minimum absolute atomic E-state index is 0.390. The van der Waals surface area contributed by atoms with Gasteiger partial charge in [0.2, 0.25) is 5.91 Å². The SMILES string of the molecule is COC(=O)NC(C(=O)NC[C@@H](O)CN(Cc1c(F)cc(C(N)=CC=NC(F)F)cc1F)NC(=O)[C@@H](NC(=O)OC)C(C)(C)C(F)(F)F)C(C)(C)C(F)(F)F. The third-order valence-corrected chi connectivity index (χ3v) is 7.81. The normalized spacial score (nSPS) is 14.8. The molecule has 0 heterocycles. The van der Waals surface area contributed by atoms with Crippen molar-refractivity contribution in [3.63, 3.8) is 0 Å². The van der Waals surface area contributed by atoms with Gasteiger partial charge in [-0.15, -0.1) is 0 Å². The molecular weight excluding hydrogens is 760 g/mol. The quantitative estimate of drug-likeness (QED) is 0.0628. The monoisotopic (exact) mass is 799 g/mol. The van der Waals surface area contributed by atoms with Gasteiger partial charge in [0.1, 0.15) is 23.7 Å². The maximum Gasteiger partial charge on any atom is 0.407 e. The summed E-state index contributed by atoms with van der Waals surface area (Å²) >= 11 is 0. The van der Waals surface area contributed by atoms with Crippen LogP contribution in [0.1, 0.15) is 38.8 Å². The zero-order valence-corrected chi connectivity index (χ0v) is 29.4. The summed E-state index contributed by atoms with van der Waals surface area (Å²) in [5.74, 6) is -6.01. The first-order valence-corrected chi connectivity index (χ1v) is 15.2. The number of carbonyl (C=O) groups excluding carboxylic acids is 4. The third-order valence-electron chi connectivity index (χ3n) is 7.81. The molecular formula is C30H39F10N7O7. The van der Waals surface area contributed by atoms with E-state index < -0.39 is 114 Å². The Balaban J connectivity index is 3.58. The van der Waals surface area contributed by atoms with Gasteiger partial charge in [0.05, 0.1) is 31.2 Å². The minimum Gasteiger partial charge on any atom is -0.453 e. The Labute approximate surface area is 301 Å². The van der Waals surface area contributed by atoms with E-state index in [2.05, 4.69) is 14.5 Å². The lowest BCUT2D eigenvalue weighted by Crippen LogP contribution is -2.62. The predicted octanol–water partition coefficient (Wildman–Crippen LogP) is 3.49. The van der Waals surface area contributed by atoms with E-state index in [0.717, 1.165) is 20.3 Å². The molecule has 0 radical (unpaired) electrons. The number of aliphatic hydroxyl groups is 1. The summed E-state index contributed by atoms with van der Waals surface area (Å²) < 4.78 is 147. The van der Waals surface area contributed by atoms with E-state index in [0.29, 0.717) is 51.1 Å². The molecule has 7 N–H and O–H groups in total. The van der Waals surface area contributed by atoms with Crippen LogP contribution in [-0.4, -0.2) is 105 Å². The first-order chi connectivity index (χ1) is 24.6. The highest BCUT2D eigenvalue weighted by Crippen LogP contribution is 2.41. The van der Waals surface area contributed by atoms with Crippen LogP contribution in [0.4, 0.5) is 53.5 Å². The van der Waals surface area contributed by atoms with Gasteiger partial charge in [0.25, 0.3) is 5.91 Å². The molecule has 0 aliphatic carbocycles. The van der Waals surface area contributed by atoms with Crippen LogP contribution in [0.2, 0.25) is 0 Å². The summed E-state index contributed by atoms with van der Waals surface area (Å²) in [7, 11) is 1.57. The molecule has 1 aromatic rings. The van der Waals surface area contributed by atoms with Crippen molar-refractivity contribution in [2.75, 3.05) is 27.3 Å². The molecule has 1 aromatic carbocycles. The Bertz CT molecular complexity index is 1530. The number of nitrogens with two attached hydrogens (primary N) is 1. The molecule has 0 spiro atoms. The van der Waals surface area contributed by atoms with Crippen molar-refractivity contribution >= 4 is 35.9 Å². The lowest BCUT2D eigenvalue weighted by Gasteiger charge is -2.37. The summed E-state index contributed by atoms with van der Waals surface area (Å²) in [6, 6.07) is -3.63. The topological polar surface area (TPSA) is 197 Å². The lowest BCUT2D eigenvalue weighted by atomic mass is 9.83. The zero-order chi connectivity index (χ0) is 42.0. The summed E-state index contributed by atoms with van der Waals surface area (Å²) in [4.78, 5) is 52.5. The number of aliphatic hydroxyl groups excluding tert-OH is 1. The molecule has 0 bridgehead atoms. The number of aliphatic imine (C=N–C) groups is 1. The van der Waals surface area contributed by atoms with E-state index >= 15 is 8.78 Å². The highest BCUT2D eigenvalue weighted by Gasteiger charge is 2.57. The number of amides is 4. The fraction of sp³-hybridized carbons (Fsp3) is 0.567. The van der Waals surface area contributed by atoms with Gasteiger partial charge < -0.3 is 36.3 Å². The highest BCUT2D eigenvalue weighted by molar-refractivity contribution is 5.87. The standard InChI is InChI=1S/C30H39F10N7O7/c1-27(2,29(35,36)37)20(44-25(51)53-5)22(49)43-11-15(48)12-47(46-23(50)21(45-26(52)54-6)28(3,4)30(38,39)40)13-16-17(31)9-14(10-18(16)32)19(41)7-8-42-24(33)34/h7-10,15,20-21,24,48H,11-13,41H2,1-6H3,(H,43,49)(H,44,51)(H,45,52)(H,46,50)/t15-,20?,21-/m1/s1. The van der Waals surface area contributed by atoms with Gasteiger partial charge in [-0.3, -0.25) is 15.0 Å². The molecule has 54 heavy (non-hydrogen) atoms. The van der Waals surface area contributed by atoms with Gasteiger partial charge in [-0.1, -0.05) is 0 Å². The number of hydrazine groups is 1. The fourth-order valence-corrected chi connectivity index (χ4v) is 4.23. The van der Waals surface area contributed by atoms with Crippen molar-refractivity contribution in [2.45, 2.75) is 71.3 Å². The average molecular weight is 800 g/mol. The summed E-state index contributed by atoms with van der Waals surface area (Å²) in [5.41, 5.74) is -0.193. The number of alkyl halides is 8. The number of benzene rings is 1. The van der Waals surface area contributed by atoms with E-state index in [9.17, 15) is 59.4 Å². The first-order valence-electron chi connectivity index (χ1n) is 15.2. The van der Waals surface area contributed by atoms with Crippen LogP contribution in [0.15, 0.2) is 23.2 Å². The number of carbonyl (C=O) groups is 4. The van der Waals surface area contributed by atoms with Crippen molar-refractivity contribution in [1.29, 1.82) is 0 Å². The molecule has 0 aliphatic heterocycles. The summed E-state index contributed by atoms with van der Waals surface area (Å²) in [6.45, 7) is -4.07. The van der Waals surface area contributed by atoms with Crippen molar-refractivity contribution in [3.05, 3.63) is 41.0 Å². The summed E-state index contributed by atoms with van der Waals surface area (Å²) in [5, 5.41) is 16.5. The number of methoxy groups -OCH3 is 2. The molecule has 14 nitrogen and oxygen atoms in total. The zero-order valence-electron chi connectivity index (χ0n) is 29.4. The van der Waals surface area contributed by atoms with E-state index in [4.69, 9.17) is 5.73 Å². The van der Waals surface area contributed by atoms with Gasteiger partial charge in [-0.2, -0.15) is 35.1 Å². The molecule has 0 fully saturated rings. The number of alkyl carbamates (subject to hydrolysis) is 2. The molecule has 24 heteroatoms. The number of allylic oxidation sites excluding steroid dienone is 1. The Morgan fingerprint density at radius 1 is 0.870 bits per heavy atom. The van der Waals surface area contributed by atoms with Gasteiger partial charge in [0, 0.05) is 42.7 Å². The first kappa shape index (κ1) is 47.2. The largest absolute Gasteiger partial charge is 0.453 e. The fourth-order valence-electron chi connectivity index (χ4n) is 4.23. The van der Waals surface area contributed by atoms with E-state index in [-0.39, 0.29) is 5.56 Å². The van der Waals surface area contributed by atoms with Gasteiger partial charge in [-0.05, 0) is 45.9 Å². The molecule has 0 aromatic heterocycles. The number of nitrogens with one attached hydrogen (secondary N) is 4. The Kier molecular flexibility index (Phi) is 16.5. The Hall–Kier alpha value is -4.87. The van der Waals surface area contributed by atoms with Crippen molar-refractivity contribution in [1.82, 2.24) is 26.4 Å². The number of hydrogen-bond donors (Lipinski definition) is 6. The van der Waals surface area contributed by atoms with Crippen molar-refractivity contribution < 1.29 is 77.7 Å². The van der Waals surface area contributed by atoms with Gasteiger partial charge >= 0.3 is 31.1 Å². The predicted molar refractivity (Wildman–Crippen MR) is 169 cm³/mol. The summed E-state index contributed by atoms with van der Waals surface area (Å²) in [6.07, 6.45) is -13.8. The van der Waals surface area contributed by atoms with Crippen LogP contribution in [0.5, 0.6) is 0 Å². The maximum atomic E-state index is 15.3. The second kappa shape index (κ2) is 18.9. The van der Waals surface area contributed by atoms with Crippen LogP contribution in [0.25, 0.3) is 5.70 Å². The van der Waals surface area contributed by atoms with E-state index in [1.807, 2.05) is 10.7 Å². The van der Waals surface area contributed by atoms with Crippen LogP contribution >= 0.6 is 0 Å². The number of nitrogens with zero attached hydrogens (tertiary/aromatic N) is 2. The molecule has 0 saturated carbocycles. The number of halogens is 10. The maximum absolute atomic E-state index is 15.3. The molecule has 4 amide bonds. The van der Waals surface area contributed by atoms with Gasteiger partial charge in [-0.25, -0.2) is 28.4 Å². The van der Waals surface area contributed by atoms with Crippen LogP contribution in [0, 0.1) is 22.5 Å².